The molecule has 0 atom stereocenters. The number of halogens is 5. The number of alkyl halides is 3. The normalized spacial score (nSPS) is 11.1. The van der Waals surface area contributed by atoms with Gasteiger partial charge >= 0.3 is 11.9 Å². The molecule has 0 fully saturated rings. The zero-order chi connectivity index (χ0) is 20.5. The standard InChI is InChI=1S/C14H6Cl2F3N3O5/c15-9-2-1-3-10(16)13(9)20(6-23)12-8(14(17,18)19)4-7(21(24)25)5-11(12)22(26)27/h1-6H. The van der Waals surface area contributed by atoms with Crippen LogP contribution in [-0.2, 0) is 11.0 Å². The van der Waals surface area contributed by atoms with E-state index in [1.165, 1.54) is 18.2 Å². The molecule has 0 unspecified atom stereocenters. The Balaban J connectivity index is 2.97. The van der Waals surface area contributed by atoms with Crippen LogP contribution >= 0.6 is 23.2 Å². The Morgan fingerprint density at radius 2 is 1.56 bits per heavy atom. The maximum atomic E-state index is 13.5. The van der Waals surface area contributed by atoms with Crippen LogP contribution in [0.2, 0.25) is 10.0 Å². The van der Waals surface area contributed by atoms with Crippen LogP contribution in [0, 0.1) is 20.2 Å². The fraction of sp³-hybridized carbons (Fsp3) is 0.0714. The molecule has 0 aliphatic heterocycles. The van der Waals surface area contributed by atoms with Crippen molar-refractivity contribution in [3.05, 3.63) is 66.2 Å². The number of nitro groups is 2. The number of para-hydroxylation sites is 1. The summed E-state index contributed by atoms with van der Waals surface area (Å²) in [6.07, 6.45) is -5.42. The van der Waals surface area contributed by atoms with E-state index in [9.17, 15) is 38.2 Å². The van der Waals surface area contributed by atoms with Crippen LogP contribution in [-0.4, -0.2) is 16.3 Å². The summed E-state index contributed by atoms with van der Waals surface area (Å²) in [4.78, 5) is 31.5. The molecule has 0 saturated carbocycles. The minimum absolute atomic E-state index is 0.0869. The van der Waals surface area contributed by atoms with Crippen LogP contribution < -0.4 is 4.90 Å². The zero-order valence-corrected chi connectivity index (χ0v) is 14.2. The Morgan fingerprint density at radius 1 is 1.00 bits per heavy atom. The van der Waals surface area contributed by atoms with Crippen molar-refractivity contribution in [2.45, 2.75) is 6.18 Å². The topological polar surface area (TPSA) is 107 Å². The number of carbonyl (C=O) groups excluding carboxylic acids is 1. The van der Waals surface area contributed by atoms with Crippen LogP contribution in [0.3, 0.4) is 0 Å². The smallest absolute Gasteiger partial charge is 0.278 e. The van der Waals surface area contributed by atoms with Gasteiger partial charge < -0.3 is 0 Å². The van der Waals surface area contributed by atoms with Gasteiger partial charge in [0.25, 0.3) is 5.69 Å². The molecule has 142 valence electrons. The van der Waals surface area contributed by atoms with Gasteiger partial charge in [0, 0.05) is 6.07 Å². The van der Waals surface area contributed by atoms with Gasteiger partial charge in [0.15, 0.2) is 0 Å². The van der Waals surface area contributed by atoms with Gasteiger partial charge in [-0.15, -0.1) is 0 Å². The molecular formula is C14H6Cl2F3N3O5. The number of hydrogen-bond acceptors (Lipinski definition) is 5. The quantitative estimate of drug-likeness (QED) is 0.376. The summed E-state index contributed by atoms with van der Waals surface area (Å²) in [7, 11) is 0. The average molecular weight is 424 g/mol. The van der Waals surface area contributed by atoms with E-state index in [1.54, 1.807) is 0 Å². The number of hydrogen-bond donors (Lipinski definition) is 0. The largest absolute Gasteiger partial charge is 0.418 e. The van der Waals surface area contributed by atoms with Crippen LogP contribution in [0.1, 0.15) is 5.56 Å². The molecule has 0 saturated heterocycles. The van der Waals surface area contributed by atoms with E-state index in [0.29, 0.717) is 6.07 Å². The lowest BCUT2D eigenvalue weighted by Gasteiger charge is -2.23. The first-order chi connectivity index (χ1) is 12.5. The first-order valence-electron chi connectivity index (χ1n) is 6.71. The molecular weight excluding hydrogens is 418 g/mol. The Labute approximate surface area is 158 Å². The first-order valence-corrected chi connectivity index (χ1v) is 7.47. The van der Waals surface area contributed by atoms with Crippen molar-refractivity contribution >= 4 is 52.4 Å². The number of amides is 1. The van der Waals surface area contributed by atoms with Crippen molar-refractivity contribution in [3.8, 4) is 0 Å². The van der Waals surface area contributed by atoms with Crippen molar-refractivity contribution in [1.82, 2.24) is 0 Å². The summed E-state index contributed by atoms with van der Waals surface area (Å²) in [6.45, 7) is 0. The molecule has 0 aliphatic rings. The lowest BCUT2D eigenvalue weighted by atomic mass is 10.1. The van der Waals surface area contributed by atoms with Crippen LogP contribution in [0.25, 0.3) is 0 Å². The highest BCUT2D eigenvalue weighted by Gasteiger charge is 2.42. The van der Waals surface area contributed by atoms with Gasteiger partial charge in [0.05, 0.1) is 37.2 Å². The molecule has 8 nitrogen and oxygen atoms in total. The van der Waals surface area contributed by atoms with Gasteiger partial charge in [0.2, 0.25) is 6.41 Å². The van der Waals surface area contributed by atoms with Crippen LogP contribution in [0.15, 0.2) is 30.3 Å². The number of carbonyl (C=O) groups is 1. The van der Waals surface area contributed by atoms with Gasteiger partial charge in [0.1, 0.15) is 5.69 Å². The predicted molar refractivity (Wildman–Crippen MR) is 89.4 cm³/mol. The average Bonchev–Trinajstić information content (AvgIpc) is 2.56. The Kier molecular flexibility index (Phi) is 5.56. The van der Waals surface area contributed by atoms with Crippen molar-refractivity contribution in [1.29, 1.82) is 0 Å². The SMILES string of the molecule is O=CN(c1c(Cl)cccc1Cl)c1c([N+](=O)[O-])cc([N+](=O)[O-])cc1C(F)(F)F. The summed E-state index contributed by atoms with van der Waals surface area (Å²) < 4.78 is 40.5. The van der Waals surface area contributed by atoms with Crippen LogP contribution in [0.5, 0.6) is 0 Å². The summed E-state index contributed by atoms with van der Waals surface area (Å²) >= 11 is 11.8. The number of nitrogens with zero attached hydrogens (tertiary/aromatic N) is 3. The minimum Gasteiger partial charge on any atom is -0.278 e. The molecule has 13 heteroatoms. The fourth-order valence-corrected chi connectivity index (χ4v) is 2.83. The minimum atomic E-state index is -5.26. The molecule has 0 N–H and O–H groups in total. The number of benzene rings is 2. The summed E-state index contributed by atoms with van der Waals surface area (Å²) in [5.41, 5.74) is -5.96. The van der Waals surface area contributed by atoms with Gasteiger partial charge in [-0.1, -0.05) is 29.3 Å². The van der Waals surface area contributed by atoms with Crippen LogP contribution in [0.4, 0.5) is 35.9 Å². The highest BCUT2D eigenvalue weighted by atomic mass is 35.5. The molecule has 1 amide bonds. The zero-order valence-electron chi connectivity index (χ0n) is 12.7. The second kappa shape index (κ2) is 7.37. The van der Waals surface area contributed by atoms with E-state index in [0.717, 1.165) is 0 Å². The van der Waals surface area contributed by atoms with Crippen molar-refractivity contribution in [3.63, 3.8) is 0 Å². The molecule has 27 heavy (non-hydrogen) atoms. The molecule has 2 rings (SSSR count). The molecule has 0 radical (unpaired) electrons. The van der Waals surface area contributed by atoms with Crippen molar-refractivity contribution in [2.24, 2.45) is 0 Å². The van der Waals surface area contributed by atoms with E-state index in [-0.39, 0.29) is 27.4 Å². The Morgan fingerprint density at radius 3 is 1.96 bits per heavy atom. The number of nitro benzene ring substituents is 2. The third-order valence-corrected chi connectivity index (χ3v) is 3.92. The van der Waals surface area contributed by atoms with Gasteiger partial charge in [-0.05, 0) is 12.1 Å². The van der Waals surface area contributed by atoms with Crippen molar-refractivity contribution < 1.29 is 27.8 Å². The number of rotatable bonds is 5. The summed E-state index contributed by atoms with van der Waals surface area (Å²) in [6, 6.07) is 4.13. The molecule has 0 aromatic heterocycles. The van der Waals surface area contributed by atoms with Gasteiger partial charge in [-0.2, -0.15) is 13.2 Å². The summed E-state index contributed by atoms with van der Waals surface area (Å²) in [5, 5.41) is 21.6. The predicted octanol–water partition coefficient (Wildman–Crippen LogP) is 5.12. The molecule has 0 spiro atoms. The fourth-order valence-electron chi connectivity index (χ4n) is 2.25. The Hall–Kier alpha value is -2.92. The van der Waals surface area contributed by atoms with Crippen molar-refractivity contribution in [2.75, 3.05) is 4.90 Å². The van der Waals surface area contributed by atoms with E-state index in [2.05, 4.69) is 0 Å². The Bertz CT molecular complexity index is 932. The molecule has 0 aliphatic carbocycles. The van der Waals surface area contributed by atoms with Gasteiger partial charge in [-0.3, -0.25) is 29.9 Å². The second-order valence-corrected chi connectivity index (χ2v) is 5.73. The van der Waals surface area contributed by atoms with E-state index < -0.39 is 44.3 Å². The lowest BCUT2D eigenvalue weighted by molar-refractivity contribution is -0.394. The third kappa shape index (κ3) is 3.93. The van der Waals surface area contributed by atoms with E-state index in [1.807, 2.05) is 0 Å². The second-order valence-electron chi connectivity index (χ2n) is 4.92. The third-order valence-electron chi connectivity index (χ3n) is 3.31. The molecule has 0 heterocycles. The number of anilines is 2. The highest BCUT2D eigenvalue weighted by Crippen LogP contribution is 2.48. The van der Waals surface area contributed by atoms with Gasteiger partial charge in [-0.25, -0.2) is 0 Å². The van der Waals surface area contributed by atoms with E-state index in [4.69, 9.17) is 23.2 Å². The maximum Gasteiger partial charge on any atom is 0.418 e. The van der Waals surface area contributed by atoms with E-state index >= 15 is 0 Å². The molecule has 0 bridgehead atoms. The maximum absolute atomic E-state index is 13.5. The highest BCUT2D eigenvalue weighted by molar-refractivity contribution is 6.40. The first kappa shape index (κ1) is 20.4. The number of non-ortho nitro benzene ring substituents is 1. The monoisotopic (exact) mass is 423 g/mol. The summed E-state index contributed by atoms with van der Waals surface area (Å²) in [5.74, 6) is 0. The lowest BCUT2D eigenvalue weighted by Crippen LogP contribution is -2.22. The molecule has 2 aromatic rings. The molecule has 2 aromatic carbocycles.